The fourth-order valence-electron chi connectivity index (χ4n) is 3.20. The highest BCUT2D eigenvalue weighted by Gasteiger charge is 2.24. The molecule has 0 bridgehead atoms. The molecule has 1 unspecified atom stereocenters. The summed E-state index contributed by atoms with van der Waals surface area (Å²) in [6.07, 6.45) is 1.59. The monoisotopic (exact) mass is 393 g/mol. The SMILES string of the molecule is O=C(O)Cc1ccc(Nc2nc(-c3ccccc3)nc3c2S(=O)CCC3)cc1. The van der Waals surface area contributed by atoms with E-state index in [-0.39, 0.29) is 6.42 Å². The molecular weight excluding hydrogens is 374 g/mol. The van der Waals surface area contributed by atoms with Gasteiger partial charge in [-0.25, -0.2) is 9.97 Å². The van der Waals surface area contributed by atoms with Crippen LogP contribution >= 0.6 is 0 Å². The fourth-order valence-corrected chi connectivity index (χ4v) is 4.53. The standard InChI is InChI=1S/C21H19N3O3S/c25-18(26)13-14-8-10-16(11-9-14)22-21-19-17(7-4-12-28(19)27)23-20(24-21)15-5-2-1-3-6-15/h1-3,5-6,8-11H,4,7,12-13H2,(H,25,26)(H,22,23,24). The van der Waals surface area contributed by atoms with Crippen molar-refractivity contribution in [2.24, 2.45) is 0 Å². The predicted octanol–water partition coefficient (Wildman–Crippen LogP) is 3.57. The molecule has 6 nitrogen and oxygen atoms in total. The maximum atomic E-state index is 12.6. The molecule has 142 valence electrons. The van der Waals surface area contributed by atoms with Gasteiger partial charge in [-0.05, 0) is 30.5 Å². The lowest BCUT2D eigenvalue weighted by Crippen LogP contribution is -2.16. The second-order valence-electron chi connectivity index (χ2n) is 6.58. The first-order chi connectivity index (χ1) is 13.6. The number of fused-ring (bicyclic) bond motifs is 1. The number of aliphatic carboxylic acids is 1. The average Bonchev–Trinajstić information content (AvgIpc) is 2.69. The van der Waals surface area contributed by atoms with Gasteiger partial charge in [0.25, 0.3) is 0 Å². The lowest BCUT2D eigenvalue weighted by atomic mass is 10.1. The summed E-state index contributed by atoms with van der Waals surface area (Å²) in [5.74, 6) is 0.886. The Balaban J connectivity index is 1.72. The van der Waals surface area contributed by atoms with Gasteiger partial charge in [-0.3, -0.25) is 9.00 Å². The van der Waals surface area contributed by atoms with Gasteiger partial charge in [-0.1, -0.05) is 42.5 Å². The number of carboxylic acid groups (broad SMARTS) is 1. The molecule has 28 heavy (non-hydrogen) atoms. The van der Waals surface area contributed by atoms with Crippen LogP contribution < -0.4 is 5.32 Å². The molecule has 1 aliphatic heterocycles. The number of nitrogens with one attached hydrogen (secondary N) is 1. The summed E-state index contributed by atoms with van der Waals surface area (Å²) in [4.78, 5) is 20.9. The van der Waals surface area contributed by atoms with Gasteiger partial charge < -0.3 is 10.4 Å². The van der Waals surface area contributed by atoms with E-state index in [1.807, 2.05) is 30.3 Å². The Kier molecular flexibility index (Phi) is 5.16. The van der Waals surface area contributed by atoms with Gasteiger partial charge >= 0.3 is 5.97 Å². The first kappa shape index (κ1) is 18.3. The van der Waals surface area contributed by atoms with Gasteiger partial charge in [0.2, 0.25) is 0 Å². The molecule has 7 heteroatoms. The molecule has 0 saturated carbocycles. The Hall–Kier alpha value is -3.06. The number of carboxylic acids is 1. The Labute approximate surface area is 165 Å². The number of aromatic nitrogens is 2. The van der Waals surface area contributed by atoms with E-state index in [0.717, 1.165) is 35.3 Å². The van der Waals surface area contributed by atoms with Crippen LogP contribution in [0.25, 0.3) is 11.4 Å². The normalized spacial score (nSPS) is 15.6. The van der Waals surface area contributed by atoms with Gasteiger partial charge in [0.1, 0.15) is 4.90 Å². The van der Waals surface area contributed by atoms with Gasteiger partial charge in [-0.15, -0.1) is 0 Å². The van der Waals surface area contributed by atoms with Crippen LogP contribution in [0, 0.1) is 0 Å². The molecule has 4 rings (SSSR count). The molecule has 2 N–H and O–H groups in total. The van der Waals surface area contributed by atoms with E-state index < -0.39 is 16.8 Å². The average molecular weight is 393 g/mol. The van der Waals surface area contributed by atoms with Crippen molar-refractivity contribution in [3.05, 3.63) is 65.9 Å². The van der Waals surface area contributed by atoms with Crippen LogP contribution in [-0.2, 0) is 28.4 Å². The zero-order valence-corrected chi connectivity index (χ0v) is 15.9. The summed E-state index contributed by atoms with van der Waals surface area (Å²) < 4.78 is 12.6. The van der Waals surface area contributed by atoms with E-state index in [9.17, 15) is 9.00 Å². The molecule has 2 heterocycles. The largest absolute Gasteiger partial charge is 0.481 e. The minimum Gasteiger partial charge on any atom is -0.481 e. The summed E-state index contributed by atoms with van der Waals surface area (Å²) in [6, 6.07) is 16.8. The van der Waals surface area contributed by atoms with E-state index in [0.29, 0.717) is 22.3 Å². The number of anilines is 2. The van der Waals surface area contributed by atoms with Crippen molar-refractivity contribution in [3.8, 4) is 11.4 Å². The highest BCUT2D eigenvalue weighted by molar-refractivity contribution is 7.85. The van der Waals surface area contributed by atoms with E-state index in [1.165, 1.54) is 0 Å². The topological polar surface area (TPSA) is 92.2 Å². The maximum Gasteiger partial charge on any atom is 0.307 e. The number of nitrogens with zero attached hydrogens (tertiary/aromatic N) is 2. The van der Waals surface area contributed by atoms with Gasteiger partial charge in [0.15, 0.2) is 11.6 Å². The number of hydrogen-bond donors (Lipinski definition) is 2. The van der Waals surface area contributed by atoms with Crippen molar-refractivity contribution in [2.75, 3.05) is 11.1 Å². The Morgan fingerprint density at radius 1 is 1.07 bits per heavy atom. The first-order valence-corrected chi connectivity index (χ1v) is 10.3. The van der Waals surface area contributed by atoms with Crippen LogP contribution in [0.3, 0.4) is 0 Å². The molecule has 2 aromatic carbocycles. The summed E-state index contributed by atoms with van der Waals surface area (Å²) >= 11 is 0. The molecule has 1 atom stereocenters. The van der Waals surface area contributed by atoms with Crippen LogP contribution in [0.5, 0.6) is 0 Å². The minimum absolute atomic E-state index is 0.0225. The lowest BCUT2D eigenvalue weighted by Gasteiger charge is -2.19. The highest BCUT2D eigenvalue weighted by Crippen LogP contribution is 2.31. The maximum absolute atomic E-state index is 12.6. The molecule has 1 aliphatic rings. The second kappa shape index (κ2) is 7.90. The molecule has 1 aromatic heterocycles. The third kappa shape index (κ3) is 3.94. The smallest absolute Gasteiger partial charge is 0.307 e. The third-order valence-corrected chi connectivity index (χ3v) is 6.05. The fraction of sp³-hybridized carbons (Fsp3) is 0.190. The van der Waals surface area contributed by atoms with E-state index >= 15 is 0 Å². The number of aryl methyl sites for hydroxylation is 1. The van der Waals surface area contributed by atoms with Crippen molar-refractivity contribution in [1.29, 1.82) is 0 Å². The summed E-state index contributed by atoms with van der Waals surface area (Å²) in [7, 11) is -1.14. The van der Waals surface area contributed by atoms with Crippen LogP contribution in [0.1, 0.15) is 17.7 Å². The quantitative estimate of drug-likeness (QED) is 0.688. The van der Waals surface area contributed by atoms with E-state index in [1.54, 1.807) is 24.3 Å². The number of hydrogen-bond acceptors (Lipinski definition) is 5. The Bertz CT molecular complexity index is 1040. The molecule has 0 radical (unpaired) electrons. The lowest BCUT2D eigenvalue weighted by molar-refractivity contribution is -0.136. The van der Waals surface area contributed by atoms with Crippen molar-refractivity contribution < 1.29 is 14.1 Å². The van der Waals surface area contributed by atoms with Crippen molar-refractivity contribution in [3.63, 3.8) is 0 Å². The van der Waals surface area contributed by atoms with Crippen LogP contribution in [0.2, 0.25) is 0 Å². The molecule has 0 aliphatic carbocycles. The molecule has 0 fully saturated rings. The number of carbonyl (C=O) groups is 1. The molecule has 0 spiro atoms. The molecule has 3 aromatic rings. The molecule has 0 saturated heterocycles. The predicted molar refractivity (Wildman–Crippen MR) is 108 cm³/mol. The minimum atomic E-state index is -1.14. The second-order valence-corrected chi connectivity index (χ2v) is 8.09. The van der Waals surface area contributed by atoms with Crippen molar-refractivity contribution in [2.45, 2.75) is 24.2 Å². The van der Waals surface area contributed by atoms with Gasteiger partial charge in [-0.2, -0.15) is 0 Å². The zero-order chi connectivity index (χ0) is 19.5. The summed E-state index contributed by atoms with van der Waals surface area (Å²) in [6.45, 7) is 0. The first-order valence-electron chi connectivity index (χ1n) is 9.02. The van der Waals surface area contributed by atoms with Crippen LogP contribution in [0.15, 0.2) is 59.5 Å². The van der Waals surface area contributed by atoms with Crippen molar-refractivity contribution in [1.82, 2.24) is 9.97 Å². The van der Waals surface area contributed by atoms with Crippen molar-refractivity contribution >= 4 is 28.3 Å². The molecule has 0 amide bonds. The summed E-state index contributed by atoms with van der Waals surface area (Å²) in [5.41, 5.74) is 3.21. The Morgan fingerprint density at radius 3 is 2.54 bits per heavy atom. The van der Waals surface area contributed by atoms with Crippen LogP contribution in [0.4, 0.5) is 11.5 Å². The van der Waals surface area contributed by atoms with Crippen LogP contribution in [-0.4, -0.2) is 31.0 Å². The third-order valence-electron chi connectivity index (χ3n) is 4.51. The van der Waals surface area contributed by atoms with E-state index in [2.05, 4.69) is 15.3 Å². The van der Waals surface area contributed by atoms with Gasteiger partial charge in [0, 0.05) is 17.0 Å². The highest BCUT2D eigenvalue weighted by atomic mass is 32.2. The molecular formula is C21H19N3O3S. The number of benzene rings is 2. The Morgan fingerprint density at radius 2 is 1.82 bits per heavy atom. The number of rotatable bonds is 5. The summed E-state index contributed by atoms with van der Waals surface area (Å²) in [5, 5.41) is 12.2. The van der Waals surface area contributed by atoms with E-state index in [4.69, 9.17) is 5.11 Å². The zero-order valence-electron chi connectivity index (χ0n) is 15.1. The van der Waals surface area contributed by atoms with Gasteiger partial charge in [0.05, 0.1) is 22.9 Å².